The number of nitrogens with zero attached hydrogens (tertiary/aromatic N) is 2. The highest BCUT2D eigenvalue weighted by Gasteiger charge is 2.41. The summed E-state index contributed by atoms with van der Waals surface area (Å²) in [7, 11) is 0. The Kier molecular flexibility index (Phi) is 2.24. The summed E-state index contributed by atoms with van der Waals surface area (Å²) < 4.78 is 15.2. The van der Waals surface area contributed by atoms with Crippen molar-refractivity contribution in [2.45, 2.75) is 19.4 Å². The highest BCUT2D eigenvalue weighted by atomic mass is 19.1. The van der Waals surface area contributed by atoms with Gasteiger partial charge in [-0.3, -0.25) is 0 Å². The van der Waals surface area contributed by atoms with Crippen LogP contribution in [0.2, 0.25) is 0 Å². The topological polar surface area (TPSA) is 28.8 Å². The molecule has 1 aliphatic heterocycles. The van der Waals surface area contributed by atoms with Crippen LogP contribution in [0.15, 0.2) is 18.5 Å². The molecular formula is C12H15FN3+. The lowest BCUT2D eigenvalue weighted by Crippen LogP contribution is -2.39. The summed E-state index contributed by atoms with van der Waals surface area (Å²) in [6.45, 7) is 3.90. The molecule has 0 saturated heterocycles. The van der Waals surface area contributed by atoms with Gasteiger partial charge in [0.15, 0.2) is 6.20 Å². The molecule has 0 spiro atoms. The third-order valence-corrected chi connectivity index (χ3v) is 3.34. The SMILES string of the molecule is CC1C[C@@H]1[n+]1cc(F)cnc1C1=CCNC1. The molecule has 3 rings (SSSR count). The number of aromatic nitrogens is 2. The van der Waals surface area contributed by atoms with E-state index in [-0.39, 0.29) is 5.82 Å². The first kappa shape index (κ1) is 9.90. The van der Waals surface area contributed by atoms with Crippen LogP contribution >= 0.6 is 0 Å². The van der Waals surface area contributed by atoms with E-state index >= 15 is 0 Å². The van der Waals surface area contributed by atoms with Crippen molar-refractivity contribution in [1.29, 1.82) is 0 Å². The largest absolute Gasteiger partial charge is 0.327 e. The van der Waals surface area contributed by atoms with Crippen LogP contribution in [-0.2, 0) is 0 Å². The van der Waals surface area contributed by atoms with Crippen LogP contribution in [0.5, 0.6) is 0 Å². The van der Waals surface area contributed by atoms with E-state index in [0.29, 0.717) is 12.0 Å². The Bertz CT molecular complexity index is 456. The molecule has 0 aromatic carbocycles. The molecule has 1 fully saturated rings. The molecule has 2 aliphatic rings. The van der Waals surface area contributed by atoms with E-state index in [1.807, 2.05) is 4.57 Å². The highest BCUT2D eigenvalue weighted by Crippen LogP contribution is 2.38. The first-order valence-corrected chi connectivity index (χ1v) is 5.72. The predicted octanol–water partition coefficient (Wildman–Crippen LogP) is 1.08. The quantitative estimate of drug-likeness (QED) is 0.755. The Hall–Kier alpha value is -1.29. The van der Waals surface area contributed by atoms with Crippen molar-refractivity contribution in [2.75, 3.05) is 13.1 Å². The van der Waals surface area contributed by atoms with Crippen LogP contribution < -0.4 is 9.88 Å². The number of nitrogens with one attached hydrogen (secondary N) is 1. The van der Waals surface area contributed by atoms with Crippen LogP contribution in [0.3, 0.4) is 0 Å². The Morgan fingerprint density at radius 3 is 3.00 bits per heavy atom. The highest BCUT2D eigenvalue weighted by molar-refractivity contribution is 5.61. The van der Waals surface area contributed by atoms with E-state index in [1.54, 1.807) is 6.20 Å². The van der Waals surface area contributed by atoms with Gasteiger partial charge in [0, 0.05) is 19.0 Å². The summed E-state index contributed by atoms with van der Waals surface area (Å²) in [4.78, 5) is 4.24. The number of halogens is 1. The lowest BCUT2D eigenvalue weighted by molar-refractivity contribution is -0.709. The van der Waals surface area contributed by atoms with E-state index in [2.05, 4.69) is 23.3 Å². The zero-order chi connectivity index (χ0) is 11.1. The van der Waals surface area contributed by atoms with E-state index < -0.39 is 0 Å². The van der Waals surface area contributed by atoms with Gasteiger partial charge in [0.1, 0.15) is 12.2 Å². The predicted molar refractivity (Wildman–Crippen MR) is 58.1 cm³/mol. The summed E-state index contributed by atoms with van der Waals surface area (Å²) >= 11 is 0. The molecule has 84 valence electrons. The molecule has 0 radical (unpaired) electrons. The van der Waals surface area contributed by atoms with Crippen LogP contribution in [0, 0.1) is 11.7 Å². The van der Waals surface area contributed by atoms with Crippen molar-refractivity contribution in [3.8, 4) is 0 Å². The molecule has 1 saturated carbocycles. The Labute approximate surface area is 94.0 Å². The molecular weight excluding hydrogens is 205 g/mol. The van der Waals surface area contributed by atoms with Gasteiger partial charge in [0.2, 0.25) is 5.82 Å². The third-order valence-electron chi connectivity index (χ3n) is 3.34. The average molecular weight is 220 g/mol. The fraction of sp³-hybridized carbons (Fsp3) is 0.500. The van der Waals surface area contributed by atoms with Crippen molar-refractivity contribution in [3.05, 3.63) is 30.1 Å². The maximum atomic E-state index is 13.2. The lowest BCUT2D eigenvalue weighted by atomic mass is 10.2. The minimum absolute atomic E-state index is 0.255. The second-order valence-corrected chi connectivity index (χ2v) is 4.64. The molecule has 1 aromatic rings. The van der Waals surface area contributed by atoms with Crippen LogP contribution in [0.4, 0.5) is 4.39 Å². The average Bonchev–Trinajstić information content (AvgIpc) is 2.80. The van der Waals surface area contributed by atoms with Gasteiger partial charge < -0.3 is 5.32 Å². The second kappa shape index (κ2) is 3.63. The van der Waals surface area contributed by atoms with Crippen molar-refractivity contribution in [3.63, 3.8) is 0 Å². The Morgan fingerprint density at radius 2 is 2.38 bits per heavy atom. The van der Waals surface area contributed by atoms with Crippen molar-refractivity contribution in [1.82, 2.24) is 10.3 Å². The van der Waals surface area contributed by atoms with Crippen LogP contribution in [0.25, 0.3) is 5.57 Å². The minimum Gasteiger partial charge on any atom is -0.309 e. The molecule has 2 heterocycles. The van der Waals surface area contributed by atoms with Crippen molar-refractivity contribution >= 4 is 5.57 Å². The summed E-state index contributed by atoms with van der Waals surface area (Å²) in [6.07, 6.45) is 6.14. The third kappa shape index (κ3) is 1.63. The summed E-state index contributed by atoms with van der Waals surface area (Å²) in [5, 5.41) is 3.24. The molecule has 3 nitrogen and oxygen atoms in total. The molecule has 1 aliphatic carbocycles. The standard InChI is InChI=1S/C12H15FN3/c1-8-4-11(8)16-7-10(13)6-15-12(16)9-2-3-14-5-9/h2,6-8,11,14H,3-5H2,1H3/q+1/t8?,11-/m0/s1. The second-order valence-electron chi connectivity index (χ2n) is 4.64. The fourth-order valence-electron chi connectivity index (χ4n) is 2.25. The van der Waals surface area contributed by atoms with E-state index in [9.17, 15) is 4.39 Å². The van der Waals surface area contributed by atoms with E-state index in [1.165, 1.54) is 11.8 Å². The smallest absolute Gasteiger partial charge is 0.309 e. The Morgan fingerprint density at radius 1 is 1.56 bits per heavy atom. The lowest BCUT2D eigenvalue weighted by Gasteiger charge is -2.03. The molecule has 0 bridgehead atoms. The normalized spacial score (nSPS) is 28.0. The van der Waals surface area contributed by atoms with Gasteiger partial charge >= 0.3 is 5.82 Å². The minimum atomic E-state index is -0.255. The maximum Gasteiger partial charge on any atom is 0.327 e. The zero-order valence-corrected chi connectivity index (χ0v) is 9.28. The molecule has 1 aromatic heterocycles. The first-order chi connectivity index (χ1) is 7.75. The number of rotatable bonds is 2. The van der Waals surface area contributed by atoms with E-state index in [0.717, 1.165) is 25.3 Å². The molecule has 1 unspecified atom stereocenters. The van der Waals surface area contributed by atoms with Gasteiger partial charge in [-0.15, -0.1) is 0 Å². The molecule has 1 N–H and O–H groups in total. The van der Waals surface area contributed by atoms with Crippen molar-refractivity contribution in [2.24, 2.45) is 5.92 Å². The fourth-order valence-corrected chi connectivity index (χ4v) is 2.25. The molecule has 4 heteroatoms. The van der Waals surface area contributed by atoms with Gasteiger partial charge in [-0.25, -0.2) is 4.57 Å². The van der Waals surface area contributed by atoms with Gasteiger partial charge in [-0.05, 0) is 11.4 Å². The van der Waals surface area contributed by atoms with Crippen LogP contribution in [-0.4, -0.2) is 18.1 Å². The number of hydrogen-bond acceptors (Lipinski definition) is 2. The van der Waals surface area contributed by atoms with E-state index in [4.69, 9.17) is 0 Å². The summed E-state index contributed by atoms with van der Waals surface area (Å²) in [5.41, 5.74) is 1.18. The van der Waals surface area contributed by atoms with Gasteiger partial charge in [-0.1, -0.05) is 13.0 Å². The first-order valence-electron chi connectivity index (χ1n) is 5.72. The van der Waals surface area contributed by atoms with Gasteiger partial charge in [0.05, 0.1) is 5.57 Å². The summed E-state index contributed by atoms with van der Waals surface area (Å²) in [6, 6.07) is 0.430. The zero-order valence-electron chi connectivity index (χ0n) is 9.28. The monoisotopic (exact) mass is 220 g/mol. The Balaban J connectivity index is 2.02. The van der Waals surface area contributed by atoms with Gasteiger partial charge in [-0.2, -0.15) is 4.39 Å². The molecule has 2 atom stereocenters. The maximum absolute atomic E-state index is 13.2. The molecule has 0 amide bonds. The number of hydrogen-bond donors (Lipinski definition) is 1. The summed E-state index contributed by atoms with van der Waals surface area (Å²) in [5.74, 6) is 1.30. The van der Waals surface area contributed by atoms with Crippen molar-refractivity contribution < 1.29 is 8.96 Å². The molecule has 16 heavy (non-hydrogen) atoms. The van der Waals surface area contributed by atoms with Crippen LogP contribution in [0.1, 0.15) is 25.2 Å². The van der Waals surface area contributed by atoms with Gasteiger partial charge in [0.25, 0.3) is 0 Å².